The number of ether oxygens (including phenoxy) is 2. The van der Waals surface area contributed by atoms with Crippen LogP contribution in [0.5, 0.6) is 11.5 Å². The molecular weight excluding hydrogens is 254 g/mol. The van der Waals surface area contributed by atoms with E-state index in [9.17, 15) is 0 Å². The van der Waals surface area contributed by atoms with Crippen LogP contribution < -0.4 is 9.47 Å². The van der Waals surface area contributed by atoms with Gasteiger partial charge in [0.25, 0.3) is 0 Å². The van der Waals surface area contributed by atoms with E-state index in [0.717, 1.165) is 16.7 Å². The molecule has 2 aromatic rings. The Bertz CT molecular complexity index is 594. The Morgan fingerprint density at radius 3 is 2.55 bits per heavy atom. The van der Waals surface area contributed by atoms with Gasteiger partial charge in [-0.3, -0.25) is 0 Å². The fourth-order valence-corrected chi connectivity index (χ4v) is 1.89. The maximum absolute atomic E-state index is 8.67. The summed E-state index contributed by atoms with van der Waals surface area (Å²) in [6.07, 6.45) is 1.38. The van der Waals surface area contributed by atoms with Gasteiger partial charge in [0.15, 0.2) is 11.5 Å². The Balaban J connectivity index is 2.23. The third-order valence-corrected chi connectivity index (χ3v) is 2.99. The number of rotatable bonds is 5. The van der Waals surface area contributed by atoms with E-state index in [-0.39, 0.29) is 0 Å². The van der Waals surface area contributed by atoms with Gasteiger partial charge in [-0.25, -0.2) is 0 Å². The molecule has 0 aromatic heterocycles. The summed E-state index contributed by atoms with van der Waals surface area (Å²) in [6, 6.07) is 13.6. The maximum Gasteiger partial charge on any atom is 0.162 e. The summed E-state index contributed by atoms with van der Waals surface area (Å²) in [6.45, 7) is 2.37. The van der Waals surface area contributed by atoms with Gasteiger partial charge in [-0.15, -0.1) is 0 Å². The molecule has 0 aliphatic carbocycles. The lowest BCUT2D eigenvalue weighted by atomic mass is 10.1. The number of hydrogen-bond donors (Lipinski definition) is 1. The van der Waals surface area contributed by atoms with Crippen LogP contribution in [0, 0.1) is 6.92 Å². The molecule has 0 radical (unpaired) electrons. The first kappa shape index (κ1) is 13.9. The molecule has 1 N–H and O–H groups in total. The van der Waals surface area contributed by atoms with Gasteiger partial charge in [-0.05, 0) is 30.2 Å². The summed E-state index contributed by atoms with van der Waals surface area (Å²) in [4.78, 5) is 0. The highest BCUT2D eigenvalue weighted by molar-refractivity contribution is 5.82. The number of hydrogen-bond acceptors (Lipinski definition) is 4. The fourth-order valence-electron chi connectivity index (χ4n) is 1.89. The first-order valence-corrected chi connectivity index (χ1v) is 6.27. The largest absolute Gasteiger partial charge is 0.493 e. The van der Waals surface area contributed by atoms with Crippen molar-refractivity contribution in [2.75, 3.05) is 7.11 Å². The lowest BCUT2D eigenvalue weighted by Crippen LogP contribution is -2.00. The predicted octanol–water partition coefficient (Wildman–Crippen LogP) is 3.39. The van der Waals surface area contributed by atoms with Crippen molar-refractivity contribution in [2.45, 2.75) is 13.5 Å². The van der Waals surface area contributed by atoms with Gasteiger partial charge in [0.05, 0.1) is 13.3 Å². The van der Waals surface area contributed by atoms with Crippen molar-refractivity contribution in [1.82, 2.24) is 0 Å². The molecule has 2 rings (SSSR count). The molecule has 104 valence electrons. The van der Waals surface area contributed by atoms with E-state index in [1.165, 1.54) is 6.21 Å². The number of methoxy groups -OCH3 is 1. The normalized spacial score (nSPS) is 10.7. The van der Waals surface area contributed by atoms with Crippen LogP contribution >= 0.6 is 0 Å². The predicted molar refractivity (Wildman–Crippen MR) is 77.9 cm³/mol. The second-order valence-electron chi connectivity index (χ2n) is 4.38. The van der Waals surface area contributed by atoms with Crippen molar-refractivity contribution >= 4 is 6.21 Å². The van der Waals surface area contributed by atoms with Gasteiger partial charge < -0.3 is 14.7 Å². The molecule has 0 atom stereocenters. The van der Waals surface area contributed by atoms with E-state index in [1.807, 2.05) is 43.3 Å². The molecule has 0 unspecified atom stereocenters. The van der Waals surface area contributed by atoms with Crippen LogP contribution in [0.1, 0.15) is 16.7 Å². The zero-order chi connectivity index (χ0) is 14.4. The number of oxime groups is 1. The van der Waals surface area contributed by atoms with Gasteiger partial charge in [-0.1, -0.05) is 35.5 Å². The Labute approximate surface area is 118 Å². The molecule has 0 saturated heterocycles. The van der Waals surface area contributed by atoms with E-state index in [2.05, 4.69) is 5.16 Å². The van der Waals surface area contributed by atoms with Gasteiger partial charge in [0.2, 0.25) is 0 Å². The van der Waals surface area contributed by atoms with Crippen LogP contribution in [-0.4, -0.2) is 18.5 Å². The SMILES string of the molecule is COc1cc(C)c(/C=N/O)cc1OCc1ccccc1. The number of aryl methyl sites for hydroxylation is 1. The maximum atomic E-state index is 8.67. The summed E-state index contributed by atoms with van der Waals surface area (Å²) in [5.41, 5.74) is 2.82. The summed E-state index contributed by atoms with van der Waals surface area (Å²) in [5.74, 6) is 1.28. The lowest BCUT2D eigenvalue weighted by molar-refractivity contribution is 0.284. The quantitative estimate of drug-likeness (QED) is 0.515. The molecule has 0 saturated carbocycles. The van der Waals surface area contributed by atoms with E-state index in [1.54, 1.807) is 13.2 Å². The standard InChI is InChI=1S/C16H17NO3/c1-12-8-15(19-2)16(9-14(12)10-17-18)20-11-13-6-4-3-5-7-13/h3-10,18H,11H2,1-2H3/b17-10+. The van der Waals surface area contributed by atoms with Crippen LogP contribution in [0.4, 0.5) is 0 Å². The van der Waals surface area contributed by atoms with E-state index >= 15 is 0 Å². The molecule has 20 heavy (non-hydrogen) atoms. The van der Waals surface area contributed by atoms with Crippen molar-refractivity contribution in [3.63, 3.8) is 0 Å². The van der Waals surface area contributed by atoms with Gasteiger partial charge >= 0.3 is 0 Å². The summed E-state index contributed by atoms with van der Waals surface area (Å²) >= 11 is 0. The van der Waals surface area contributed by atoms with E-state index < -0.39 is 0 Å². The van der Waals surface area contributed by atoms with Crippen LogP contribution in [0.2, 0.25) is 0 Å². The Morgan fingerprint density at radius 2 is 1.90 bits per heavy atom. The molecule has 0 amide bonds. The number of nitrogens with zero attached hydrogens (tertiary/aromatic N) is 1. The van der Waals surface area contributed by atoms with E-state index in [0.29, 0.717) is 18.1 Å². The van der Waals surface area contributed by atoms with Crippen molar-refractivity contribution in [3.05, 3.63) is 59.2 Å². The molecule has 4 nitrogen and oxygen atoms in total. The van der Waals surface area contributed by atoms with Crippen LogP contribution in [-0.2, 0) is 6.61 Å². The average molecular weight is 271 g/mol. The number of benzene rings is 2. The highest BCUT2D eigenvalue weighted by atomic mass is 16.5. The highest BCUT2D eigenvalue weighted by Gasteiger charge is 2.08. The van der Waals surface area contributed by atoms with Gasteiger partial charge in [0, 0.05) is 5.56 Å². The first-order valence-electron chi connectivity index (χ1n) is 6.27. The Hall–Kier alpha value is -2.49. The second-order valence-corrected chi connectivity index (χ2v) is 4.38. The van der Waals surface area contributed by atoms with Crippen molar-refractivity contribution in [1.29, 1.82) is 0 Å². The molecular formula is C16H17NO3. The summed E-state index contributed by atoms with van der Waals surface area (Å²) in [5, 5.41) is 11.7. The third-order valence-electron chi connectivity index (χ3n) is 2.99. The van der Waals surface area contributed by atoms with Crippen molar-refractivity contribution in [3.8, 4) is 11.5 Å². The van der Waals surface area contributed by atoms with E-state index in [4.69, 9.17) is 14.7 Å². The minimum atomic E-state index is 0.454. The molecule has 0 heterocycles. The lowest BCUT2D eigenvalue weighted by Gasteiger charge is -2.13. The van der Waals surface area contributed by atoms with Crippen molar-refractivity contribution < 1.29 is 14.7 Å². The molecule has 0 spiro atoms. The minimum Gasteiger partial charge on any atom is -0.493 e. The Morgan fingerprint density at radius 1 is 1.15 bits per heavy atom. The van der Waals surface area contributed by atoms with Gasteiger partial charge in [0.1, 0.15) is 6.61 Å². The molecule has 0 aliphatic rings. The minimum absolute atomic E-state index is 0.454. The Kier molecular flexibility index (Phi) is 4.60. The van der Waals surface area contributed by atoms with Crippen LogP contribution in [0.3, 0.4) is 0 Å². The molecule has 0 aliphatic heterocycles. The zero-order valence-corrected chi connectivity index (χ0v) is 11.5. The second kappa shape index (κ2) is 6.61. The topological polar surface area (TPSA) is 51.0 Å². The van der Waals surface area contributed by atoms with Crippen molar-refractivity contribution in [2.24, 2.45) is 5.16 Å². The molecule has 4 heteroatoms. The highest BCUT2D eigenvalue weighted by Crippen LogP contribution is 2.30. The zero-order valence-electron chi connectivity index (χ0n) is 11.5. The molecule has 0 bridgehead atoms. The average Bonchev–Trinajstić information content (AvgIpc) is 2.48. The third kappa shape index (κ3) is 3.29. The molecule has 0 fully saturated rings. The van der Waals surface area contributed by atoms with Crippen LogP contribution in [0.15, 0.2) is 47.6 Å². The smallest absolute Gasteiger partial charge is 0.162 e. The van der Waals surface area contributed by atoms with Crippen LogP contribution in [0.25, 0.3) is 0 Å². The van der Waals surface area contributed by atoms with Gasteiger partial charge in [-0.2, -0.15) is 0 Å². The fraction of sp³-hybridized carbons (Fsp3) is 0.188. The summed E-state index contributed by atoms with van der Waals surface area (Å²) in [7, 11) is 1.60. The molecule has 2 aromatic carbocycles. The first-order chi connectivity index (χ1) is 9.74. The monoisotopic (exact) mass is 271 g/mol. The summed E-state index contributed by atoms with van der Waals surface area (Å²) < 4.78 is 11.1.